The van der Waals surface area contributed by atoms with Crippen LogP contribution >= 0.6 is 11.8 Å². The maximum atomic E-state index is 12.8. The molecule has 0 unspecified atom stereocenters. The van der Waals surface area contributed by atoms with Crippen molar-refractivity contribution in [1.82, 2.24) is 26.6 Å². The Kier molecular flexibility index (Phi) is 12.3. The Balaban J connectivity index is 1.74. The lowest BCUT2D eigenvalue weighted by atomic mass is 10.0. The Morgan fingerprint density at radius 2 is 1.74 bits per heavy atom. The summed E-state index contributed by atoms with van der Waals surface area (Å²) in [6.07, 6.45) is 2.77. The van der Waals surface area contributed by atoms with E-state index < -0.39 is 54.8 Å². The minimum absolute atomic E-state index is 0.116. The number of carbonyl (C=O) groups excluding carboxylic acids is 5. The highest BCUT2D eigenvalue weighted by Gasteiger charge is 2.42. The number of fused-ring (bicyclic) bond motifs is 1. The molecule has 38 heavy (non-hydrogen) atoms. The van der Waals surface area contributed by atoms with Crippen molar-refractivity contribution in [3.05, 3.63) is 0 Å². The van der Waals surface area contributed by atoms with Crippen LogP contribution in [0, 0.1) is 5.92 Å². The van der Waals surface area contributed by atoms with Crippen LogP contribution in [0.5, 0.6) is 0 Å². The third kappa shape index (κ3) is 9.44. The summed E-state index contributed by atoms with van der Waals surface area (Å²) in [6.45, 7) is 3.38. The molecule has 0 aromatic rings. The molecule has 2 rings (SSSR count). The van der Waals surface area contributed by atoms with Gasteiger partial charge in [0.05, 0.1) is 18.5 Å². The first-order chi connectivity index (χ1) is 17.9. The van der Waals surface area contributed by atoms with E-state index >= 15 is 0 Å². The molecule has 2 heterocycles. The molecule has 0 aromatic carbocycles. The van der Waals surface area contributed by atoms with Crippen molar-refractivity contribution in [3.8, 4) is 0 Å². The number of nitrogens with one attached hydrogen (secondary N) is 5. The molecule has 0 radical (unpaired) electrons. The van der Waals surface area contributed by atoms with Crippen LogP contribution in [0.3, 0.4) is 0 Å². The largest absolute Gasteiger partial charge is 0.481 e. The number of carboxylic acids is 1. The number of alkyl halides is 1. The number of aliphatic carboxylic acids is 1. The molecule has 0 saturated carbocycles. The zero-order valence-electron chi connectivity index (χ0n) is 21.9. The highest BCUT2D eigenvalue weighted by molar-refractivity contribution is 8.00. The maximum absolute atomic E-state index is 12.8. The minimum Gasteiger partial charge on any atom is -0.481 e. The van der Waals surface area contributed by atoms with Gasteiger partial charge in [-0.25, -0.2) is 9.18 Å². The number of carbonyl (C=O) groups is 6. The third-order valence-corrected chi connectivity index (χ3v) is 8.07. The predicted octanol–water partition coefficient (Wildman–Crippen LogP) is 0.246. The van der Waals surface area contributed by atoms with Crippen LogP contribution in [-0.4, -0.2) is 88.5 Å². The summed E-state index contributed by atoms with van der Waals surface area (Å²) in [5.41, 5.74) is 0. The first kappa shape index (κ1) is 31.3. The second-order valence-corrected chi connectivity index (χ2v) is 11.3. The number of urea groups is 1. The van der Waals surface area contributed by atoms with E-state index in [-0.39, 0.29) is 36.4 Å². The van der Waals surface area contributed by atoms with Crippen molar-refractivity contribution >= 4 is 47.3 Å². The molecule has 0 aromatic heterocycles. The summed E-state index contributed by atoms with van der Waals surface area (Å²) < 4.78 is 12.7. The van der Waals surface area contributed by atoms with Gasteiger partial charge in [-0.3, -0.25) is 24.0 Å². The summed E-state index contributed by atoms with van der Waals surface area (Å²) in [5, 5.41) is 22.4. The SMILES string of the molecule is CC(C)[C@H](NC(=O)CCCCC[C@@H]1SC[C@@H]2NC(=O)N[C@@H]21)C(=O)N[C@@H](C)C(=O)N[C@H](CC(=O)O)C(=O)CF. The van der Waals surface area contributed by atoms with Crippen molar-refractivity contribution in [2.24, 2.45) is 5.92 Å². The van der Waals surface area contributed by atoms with Gasteiger partial charge in [-0.15, -0.1) is 0 Å². The number of amides is 5. The van der Waals surface area contributed by atoms with Crippen LogP contribution in [0.4, 0.5) is 9.18 Å². The smallest absolute Gasteiger partial charge is 0.315 e. The van der Waals surface area contributed by atoms with Gasteiger partial charge < -0.3 is 31.7 Å². The molecule has 0 aliphatic carbocycles. The van der Waals surface area contributed by atoms with Crippen LogP contribution in [0.25, 0.3) is 0 Å². The minimum atomic E-state index is -1.55. The number of hydrogen-bond donors (Lipinski definition) is 6. The fourth-order valence-corrected chi connectivity index (χ4v) is 5.95. The van der Waals surface area contributed by atoms with Crippen molar-refractivity contribution in [2.75, 3.05) is 12.4 Å². The zero-order valence-corrected chi connectivity index (χ0v) is 22.7. The molecular formula is C24H38FN5O7S. The number of halogens is 1. The number of Topliss-reactive ketones (excluding diaryl/α,β-unsaturated/α-hetero) is 1. The summed E-state index contributed by atoms with van der Waals surface area (Å²) in [4.78, 5) is 71.6. The van der Waals surface area contributed by atoms with E-state index in [1.54, 1.807) is 13.8 Å². The van der Waals surface area contributed by atoms with Crippen LogP contribution < -0.4 is 26.6 Å². The Morgan fingerprint density at radius 3 is 2.37 bits per heavy atom. The van der Waals surface area contributed by atoms with Crippen LogP contribution in [0.15, 0.2) is 0 Å². The number of rotatable bonds is 16. The number of unbranched alkanes of at least 4 members (excludes halogenated alkanes) is 2. The Hall–Kier alpha value is -2.90. The zero-order chi connectivity index (χ0) is 28.4. The van der Waals surface area contributed by atoms with E-state index in [0.29, 0.717) is 11.7 Å². The van der Waals surface area contributed by atoms with Crippen LogP contribution in [-0.2, 0) is 24.0 Å². The fraction of sp³-hybridized carbons (Fsp3) is 0.750. The third-order valence-electron chi connectivity index (χ3n) is 6.56. The second kappa shape index (κ2) is 14.9. The Bertz CT molecular complexity index is 905. The van der Waals surface area contributed by atoms with Crippen LogP contribution in [0.2, 0.25) is 0 Å². The van der Waals surface area contributed by atoms with E-state index in [1.165, 1.54) is 6.92 Å². The van der Waals surface area contributed by atoms with Gasteiger partial charge in [-0.1, -0.05) is 26.7 Å². The molecule has 6 atom stereocenters. The molecule has 2 aliphatic rings. The molecule has 14 heteroatoms. The topological polar surface area (TPSA) is 183 Å². The van der Waals surface area contributed by atoms with Gasteiger partial charge in [0.1, 0.15) is 24.8 Å². The van der Waals surface area contributed by atoms with E-state index in [4.69, 9.17) is 5.11 Å². The monoisotopic (exact) mass is 559 g/mol. The van der Waals surface area contributed by atoms with E-state index in [2.05, 4.69) is 26.6 Å². The van der Waals surface area contributed by atoms with Crippen molar-refractivity contribution in [1.29, 1.82) is 0 Å². The molecule has 2 fully saturated rings. The average molecular weight is 560 g/mol. The summed E-state index contributed by atoms with van der Waals surface area (Å²) in [6, 6.07) is -3.40. The van der Waals surface area contributed by atoms with Gasteiger partial charge in [0.15, 0.2) is 5.78 Å². The highest BCUT2D eigenvalue weighted by Crippen LogP contribution is 2.33. The Labute approximate surface area is 225 Å². The number of ketones is 1. The van der Waals surface area contributed by atoms with Gasteiger partial charge in [0.25, 0.3) is 0 Å². The molecular weight excluding hydrogens is 521 g/mol. The van der Waals surface area contributed by atoms with Gasteiger partial charge in [-0.2, -0.15) is 11.8 Å². The number of carboxylic acid groups (broad SMARTS) is 1. The fourth-order valence-electron chi connectivity index (χ4n) is 4.41. The molecule has 0 spiro atoms. The molecule has 5 amide bonds. The number of hydrogen-bond acceptors (Lipinski definition) is 7. The molecule has 0 bridgehead atoms. The van der Waals surface area contributed by atoms with Gasteiger partial charge >= 0.3 is 12.0 Å². The van der Waals surface area contributed by atoms with Gasteiger partial charge in [0.2, 0.25) is 17.7 Å². The summed E-state index contributed by atoms with van der Waals surface area (Å²) >= 11 is 1.84. The van der Waals surface area contributed by atoms with Crippen molar-refractivity contribution in [2.45, 2.75) is 94.8 Å². The molecule has 2 aliphatic heterocycles. The summed E-state index contributed by atoms with van der Waals surface area (Å²) in [5.74, 6) is -3.61. The van der Waals surface area contributed by atoms with Crippen LogP contribution in [0.1, 0.15) is 59.3 Å². The quantitative estimate of drug-likeness (QED) is 0.115. The van der Waals surface area contributed by atoms with Gasteiger partial charge in [0, 0.05) is 17.4 Å². The molecule has 2 saturated heterocycles. The van der Waals surface area contributed by atoms with Crippen molar-refractivity contribution < 1.29 is 38.3 Å². The normalized spacial score (nSPS) is 22.4. The van der Waals surface area contributed by atoms with Gasteiger partial charge in [-0.05, 0) is 25.7 Å². The van der Waals surface area contributed by atoms with E-state index in [0.717, 1.165) is 25.0 Å². The standard InChI is InChI=1S/C24H38FN5O7S/c1-12(2)20(23(36)26-13(3)22(35)27-14(9-19(33)34)16(31)10-25)29-18(32)8-6-4-5-7-17-21-15(11-38-17)28-24(37)30-21/h12-15,17,20-21H,4-11H2,1-3H3,(H,26,36)(H,27,35)(H,29,32)(H,33,34)(H2,28,30,37)/t13-,14+,15-,17-,20-,21-/m0/s1. The predicted molar refractivity (Wildman–Crippen MR) is 138 cm³/mol. The molecule has 6 N–H and O–H groups in total. The Morgan fingerprint density at radius 1 is 1.03 bits per heavy atom. The molecule has 214 valence electrons. The lowest BCUT2D eigenvalue weighted by Crippen LogP contribution is -2.56. The lowest BCUT2D eigenvalue weighted by Gasteiger charge is -2.24. The maximum Gasteiger partial charge on any atom is 0.315 e. The van der Waals surface area contributed by atoms with E-state index in [9.17, 15) is 33.2 Å². The first-order valence-corrected chi connectivity index (χ1v) is 13.9. The number of thioether (sulfide) groups is 1. The summed E-state index contributed by atoms with van der Waals surface area (Å²) in [7, 11) is 0. The second-order valence-electron chi connectivity index (χ2n) is 10.00. The van der Waals surface area contributed by atoms with E-state index in [1.807, 2.05) is 11.8 Å². The lowest BCUT2D eigenvalue weighted by molar-refractivity contribution is -0.140. The molecule has 12 nitrogen and oxygen atoms in total. The van der Waals surface area contributed by atoms with Crippen molar-refractivity contribution in [3.63, 3.8) is 0 Å². The average Bonchev–Trinajstić information content (AvgIpc) is 3.39. The first-order valence-electron chi connectivity index (χ1n) is 12.8. The highest BCUT2D eigenvalue weighted by atomic mass is 32.2.